The lowest BCUT2D eigenvalue weighted by molar-refractivity contribution is 0.0955. The van der Waals surface area contributed by atoms with Gasteiger partial charge in [0.15, 0.2) is 0 Å². The molecule has 2 heterocycles. The van der Waals surface area contributed by atoms with E-state index in [1.807, 2.05) is 24.3 Å². The third kappa shape index (κ3) is 5.59. The second-order valence-electron chi connectivity index (χ2n) is 7.37. The number of thiophene rings is 1. The van der Waals surface area contributed by atoms with Crippen LogP contribution in [0.5, 0.6) is 0 Å². The predicted octanol–water partition coefficient (Wildman–Crippen LogP) is 3.54. The summed E-state index contributed by atoms with van der Waals surface area (Å²) in [5.41, 5.74) is 5.51. The van der Waals surface area contributed by atoms with Crippen LogP contribution in [0.1, 0.15) is 22.8 Å². The number of hydrogen-bond acceptors (Lipinski definition) is 7. The fourth-order valence-corrected chi connectivity index (χ4v) is 5.45. The lowest BCUT2D eigenvalue weighted by Crippen LogP contribution is -2.36. The Morgan fingerprint density at radius 3 is 2.45 bits per heavy atom. The molecule has 0 bridgehead atoms. The zero-order valence-electron chi connectivity index (χ0n) is 18.0. The van der Waals surface area contributed by atoms with Gasteiger partial charge >= 0.3 is 0 Å². The van der Waals surface area contributed by atoms with Gasteiger partial charge in [-0.15, -0.1) is 11.3 Å². The van der Waals surface area contributed by atoms with Crippen LogP contribution in [0.2, 0.25) is 0 Å². The van der Waals surface area contributed by atoms with Gasteiger partial charge in [0.2, 0.25) is 0 Å². The van der Waals surface area contributed by atoms with Crippen molar-refractivity contribution in [3.05, 3.63) is 77.2 Å². The van der Waals surface area contributed by atoms with Gasteiger partial charge in [-0.05, 0) is 48.2 Å². The molecule has 33 heavy (non-hydrogen) atoms. The number of sulfonamides is 1. The first-order valence-corrected chi connectivity index (χ1v) is 12.7. The molecule has 1 aliphatic rings. The van der Waals surface area contributed by atoms with Crippen molar-refractivity contribution in [2.24, 2.45) is 5.10 Å². The number of para-hydroxylation sites is 1. The van der Waals surface area contributed by atoms with E-state index in [9.17, 15) is 13.2 Å². The van der Waals surface area contributed by atoms with Gasteiger partial charge in [-0.1, -0.05) is 30.3 Å². The molecule has 0 radical (unpaired) electrons. The second-order valence-corrected chi connectivity index (χ2v) is 10.2. The number of carbonyl (C=O) groups excluding carboxylic acids is 1. The highest BCUT2D eigenvalue weighted by atomic mass is 32.2. The molecular formula is C23H24N4O4S2. The van der Waals surface area contributed by atoms with Crippen molar-refractivity contribution in [2.75, 3.05) is 35.9 Å². The van der Waals surface area contributed by atoms with Crippen molar-refractivity contribution in [3.8, 4) is 0 Å². The number of ether oxygens (including phenoxy) is 1. The number of morpholine rings is 1. The van der Waals surface area contributed by atoms with Crippen LogP contribution in [0.15, 0.2) is 75.4 Å². The van der Waals surface area contributed by atoms with E-state index in [4.69, 9.17) is 4.74 Å². The fraction of sp³-hybridized carbons (Fsp3) is 0.217. The minimum atomic E-state index is -3.77. The maximum Gasteiger partial charge on any atom is 0.273 e. The lowest BCUT2D eigenvalue weighted by Gasteiger charge is -2.28. The topological polar surface area (TPSA) is 100 Å². The Kier molecular flexibility index (Phi) is 7.07. The van der Waals surface area contributed by atoms with Gasteiger partial charge in [0.05, 0.1) is 30.2 Å². The Bertz CT molecular complexity index is 1230. The number of hydrogen-bond donors (Lipinski definition) is 2. The minimum Gasteiger partial charge on any atom is -0.378 e. The van der Waals surface area contributed by atoms with E-state index in [1.165, 1.54) is 6.07 Å². The molecule has 0 aliphatic carbocycles. The van der Waals surface area contributed by atoms with Gasteiger partial charge in [-0.25, -0.2) is 13.8 Å². The number of nitrogens with one attached hydrogen (secondary N) is 2. The summed E-state index contributed by atoms with van der Waals surface area (Å²) >= 11 is 1.10. The summed E-state index contributed by atoms with van der Waals surface area (Å²) in [6, 6.07) is 17.5. The van der Waals surface area contributed by atoms with Crippen molar-refractivity contribution in [2.45, 2.75) is 11.1 Å². The molecular weight excluding hydrogens is 460 g/mol. The molecule has 0 spiro atoms. The van der Waals surface area contributed by atoms with Crippen LogP contribution in [0.25, 0.3) is 0 Å². The minimum absolute atomic E-state index is 0.173. The van der Waals surface area contributed by atoms with Crippen LogP contribution >= 0.6 is 11.3 Å². The summed E-state index contributed by atoms with van der Waals surface area (Å²) in [6.45, 7) is 4.96. The maximum absolute atomic E-state index is 12.8. The fourth-order valence-electron chi connectivity index (χ4n) is 3.38. The number of carbonyl (C=O) groups is 1. The summed E-state index contributed by atoms with van der Waals surface area (Å²) in [4.78, 5) is 15.0. The van der Waals surface area contributed by atoms with E-state index in [0.717, 1.165) is 48.9 Å². The Balaban J connectivity index is 1.45. The molecule has 8 nitrogen and oxygen atoms in total. The molecule has 2 N–H and O–H groups in total. The Labute approximate surface area is 196 Å². The van der Waals surface area contributed by atoms with Crippen LogP contribution in [-0.2, 0) is 14.8 Å². The molecule has 2 aromatic carbocycles. The zero-order valence-corrected chi connectivity index (χ0v) is 19.7. The summed E-state index contributed by atoms with van der Waals surface area (Å²) in [5.74, 6) is -0.510. The third-order valence-electron chi connectivity index (χ3n) is 5.16. The largest absolute Gasteiger partial charge is 0.378 e. The van der Waals surface area contributed by atoms with Gasteiger partial charge in [0, 0.05) is 18.8 Å². The molecule has 1 aliphatic heterocycles. The van der Waals surface area contributed by atoms with Crippen molar-refractivity contribution in [3.63, 3.8) is 0 Å². The number of benzene rings is 2. The molecule has 4 rings (SSSR count). The molecule has 1 aromatic heterocycles. The van der Waals surface area contributed by atoms with Crippen LogP contribution in [0.4, 0.5) is 11.4 Å². The lowest BCUT2D eigenvalue weighted by atomic mass is 10.1. The molecule has 1 fully saturated rings. The molecule has 1 amide bonds. The first kappa shape index (κ1) is 23.0. The molecule has 10 heteroatoms. The number of amides is 1. The van der Waals surface area contributed by atoms with Crippen LogP contribution in [0, 0.1) is 0 Å². The molecule has 0 atom stereocenters. The third-order valence-corrected chi connectivity index (χ3v) is 7.93. The van der Waals surface area contributed by atoms with Gasteiger partial charge in [0.25, 0.3) is 15.9 Å². The average Bonchev–Trinajstić information content (AvgIpc) is 3.39. The van der Waals surface area contributed by atoms with Crippen molar-refractivity contribution >= 4 is 44.4 Å². The Morgan fingerprint density at radius 1 is 1.03 bits per heavy atom. The van der Waals surface area contributed by atoms with E-state index >= 15 is 0 Å². The molecule has 0 saturated carbocycles. The van der Waals surface area contributed by atoms with Crippen molar-refractivity contribution < 1.29 is 17.9 Å². The highest BCUT2D eigenvalue weighted by molar-refractivity contribution is 7.94. The van der Waals surface area contributed by atoms with E-state index < -0.39 is 15.9 Å². The van der Waals surface area contributed by atoms with Crippen LogP contribution in [0.3, 0.4) is 0 Å². The average molecular weight is 485 g/mol. The number of hydrazone groups is 1. The van der Waals surface area contributed by atoms with Crippen molar-refractivity contribution in [1.82, 2.24) is 5.43 Å². The summed E-state index contributed by atoms with van der Waals surface area (Å²) in [6.07, 6.45) is 0. The molecule has 1 saturated heterocycles. The SMILES string of the molecule is CC(=NNC(=O)c1ccccc1NS(=O)(=O)c1cccs1)c1ccc(N2CCOCC2)cc1. The second kappa shape index (κ2) is 10.2. The van der Waals surface area contributed by atoms with Gasteiger partial charge < -0.3 is 9.64 Å². The molecule has 3 aromatic rings. The maximum atomic E-state index is 12.8. The van der Waals surface area contributed by atoms with E-state index in [0.29, 0.717) is 5.71 Å². The number of nitrogens with zero attached hydrogens (tertiary/aromatic N) is 2. The van der Waals surface area contributed by atoms with E-state index in [1.54, 1.807) is 42.6 Å². The Hall–Kier alpha value is -3.21. The number of anilines is 2. The molecule has 172 valence electrons. The molecule has 0 unspecified atom stereocenters. The van der Waals surface area contributed by atoms with Crippen LogP contribution < -0.4 is 15.0 Å². The normalized spacial score (nSPS) is 14.7. The van der Waals surface area contributed by atoms with Crippen molar-refractivity contribution in [1.29, 1.82) is 0 Å². The summed E-state index contributed by atoms with van der Waals surface area (Å²) in [7, 11) is -3.77. The first-order chi connectivity index (χ1) is 15.9. The first-order valence-electron chi connectivity index (χ1n) is 10.4. The smallest absolute Gasteiger partial charge is 0.273 e. The quantitative estimate of drug-likeness (QED) is 0.395. The van der Waals surface area contributed by atoms with Gasteiger partial charge in [0.1, 0.15) is 4.21 Å². The van der Waals surface area contributed by atoms with E-state index in [2.05, 4.69) is 20.1 Å². The highest BCUT2D eigenvalue weighted by Crippen LogP contribution is 2.23. The van der Waals surface area contributed by atoms with Gasteiger partial charge in [-0.2, -0.15) is 5.10 Å². The standard InChI is InChI=1S/C23H24N4O4S2/c1-17(18-8-10-19(11-9-18)27-12-14-31-15-13-27)24-25-23(28)20-5-2-3-6-21(20)26-33(29,30)22-7-4-16-32-22/h2-11,16,26H,12-15H2,1H3,(H,25,28). The predicted molar refractivity (Wildman–Crippen MR) is 131 cm³/mol. The van der Waals surface area contributed by atoms with Crippen LogP contribution in [-0.4, -0.2) is 46.3 Å². The monoisotopic (exact) mass is 484 g/mol. The Morgan fingerprint density at radius 2 is 1.76 bits per heavy atom. The zero-order chi connectivity index (χ0) is 23.3. The highest BCUT2D eigenvalue weighted by Gasteiger charge is 2.19. The van der Waals surface area contributed by atoms with Gasteiger partial charge in [-0.3, -0.25) is 9.52 Å². The number of rotatable bonds is 7. The van der Waals surface area contributed by atoms with E-state index in [-0.39, 0.29) is 15.5 Å². The summed E-state index contributed by atoms with van der Waals surface area (Å²) < 4.78 is 33.2. The summed E-state index contributed by atoms with van der Waals surface area (Å²) in [5, 5.41) is 5.89.